The lowest BCUT2D eigenvalue weighted by atomic mass is 10.1. The lowest BCUT2D eigenvalue weighted by Gasteiger charge is -2.35. The molecule has 4 aliphatic rings. The van der Waals surface area contributed by atoms with Crippen LogP contribution < -0.4 is 27.8 Å². The topological polar surface area (TPSA) is 510 Å². The van der Waals surface area contributed by atoms with E-state index < -0.39 is 55.8 Å². The zero-order valence-corrected chi connectivity index (χ0v) is 86.1. The zero-order valence-electron chi connectivity index (χ0n) is 84.5. The van der Waals surface area contributed by atoms with Crippen molar-refractivity contribution in [1.29, 1.82) is 0 Å². The second-order valence-corrected chi connectivity index (χ2v) is 39.5. The van der Waals surface area contributed by atoms with E-state index in [0.717, 1.165) is 103 Å². The first-order valence-corrected chi connectivity index (χ1v) is 48.0. The normalized spacial score (nSPS) is 14.3. The molecule has 5 amide bonds. The molecule has 0 atom stereocenters. The van der Waals surface area contributed by atoms with Gasteiger partial charge in [-0.15, -0.1) is 0 Å². The van der Waals surface area contributed by atoms with Gasteiger partial charge >= 0.3 is 42.3 Å². The predicted molar refractivity (Wildman–Crippen MR) is 531 cm³/mol. The summed E-state index contributed by atoms with van der Waals surface area (Å²) in [5.41, 5.74) is 16.1. The van der Waals surface area contributed by atoms with Gasteiger partial charge in [0.15, 0.2) is 23.1 Å². The van der Waals surface area contributed by atoms with Gasteiger partial charge < -0.3 is 90.4 Å². The van der Waals surface area contributed by atoms with Crippen LogP contribution in [0.1, 0.15) is 243 Å². The molecule has 138 heavy (non-hydrogen) atoms. The lowest BCUT2D eigenvalue weighted by Crippen LogP contribution is -2.50. The number of hydrogen-bond acceptors (Lipinski definition) is 31. The molecular weight excluding hydrogens is 1850 g/mol. The number of rotatable bonds is 35. The van der Waals surface area contributed by atoms with Crippen LogP contribution in [0.3, 0.4) is 0 Å². The van der Waals surface area contributed by atoms with Crippen molar-refractivity contribution >= 4 is 110 Å². The van der Waals surface area contributed by atoms with Gasteiger partial charge in [-0.05, 0) is 194 Å². The number of non-ortho nitro benzene ring substituents is 2. The number of nitrogen functional groups attached to an aromatic ring is 1. The number of nitrogens with one attached hydrogen (secondary N) is 2. The van der Waals surface area contributed by atoms with E-state index in [-0.39, 0.29) is 96.1 Å². The molecule has 4 aromatic rings. The molecule has 4 aromatic carbocycles. The number of nitro groups is 2. The number of amides is 5. The first kappa shape index (κ1) is 123. The van der Waals surface area contributed by atoms with E-state index in [0.29, 0.717) is 151 Å². The number of carboxylic acid groups (broad SMARTS) is 1. The average Bonchev–Trinajstić information content (AvgIpc) is 0.866. The minimum absolute atomic E-state index is 0.00619. The Bertz CT molecular complexity index is 4420. The van der Waals surface area contributed by atoms with Crippen molar-refractivity contribution in [1.82, 2.24) is 39.6 Å². The Morgan fingerprint density at radius 1 is 0.384 bits per heavy atom. The minimum Gasteiger partial charge on any atom is -0.481 e. The maximum Gasteiger partial charge on any atom is 0.410 e. The Kier molecular flexibility index (Phi) is 57.0. The third-order valence-corrected chi connectivity index (χ3v) is 19.8. The quantitative estimate of drug-likeness (QED) is 0.00364. The van der Waals surface area contributed by atoms with Gasteiger partial charge in [0.2, 0.25) is 5.91 Å². The molecule has 40 heteroatoms. The molecule has 39 nitrogen and oxygen atoms in total. The fourth-order valence-electron chi connectivity index (χ4n) is 12.8. The Morgan fingerprint density at radius 2 is 0.681 bits per heavy atom. The number of alkyl halides is 1. The number of ketones is 4. The lowest BCUT2D eigenvalue weighted by molar-refractivity contribution is -0.385. The maximum absolute atomic E-state index is 12.7. The predicted octanol–water partition coefficient (Wildman–Crippen LogP) is 14.1. The van der Waals surface area contributed by atoms with E-state index >= 15 is 0 Å². The van der Waals surface area contributed by atoms with Crippen molar-refractivity contribution in [3.05, 3.63) is 140 Å². The van der Waals surface area contributed by atoms with Crippen LogP contribution >= 0.6 is 15.9 Å². The highest BCUT2D eigenvalue weighted by molar-refractivity contribution is 9.09. The number of ether oxygens (including phenoxy) is 8. The highest BCUT2D eigenvalue weighted by Crippen LogP contribution is 2.23. The van der Waals surface area contributed by atoms with Crippen molar-refractivity contribution in [2.24, 2.45) is 11.5 Å². The standard InChI is InChI=1S/C27H41N3O6.C19H27N3O5.C19H29N3O3.C10H10BrNO3.C9H18N2O2.C8H14O4.C6H16N2O2/c1-26(2,3)35-24(33)13-12-23(32)28-21-10-7-9-20(19-21)22(31)11-8-14-29-15-17-30(18-16-29)25(34)36-27(4,5)6;1-19(2,3)27-18(24)21-12-10-20(11-13-21)9-5-8-17(23)15-6-4-7-16(14-15)22(25)26;1-19(2,3)25-18(24)22-12-10-21(11-13-22)9-5-8-17(23)15-6-4-7-16(20)14-15;11-6-2-5-10(13)8-3-1-4-9(7-8)12(14)15;1-9(2,3)13-8(12)11-6-4-10-5-7-11;1-8(2,3)12-7(11)5-4-6(9)10;7-1-3-9-5-6-10-4-2-8/h7,9-10,19H,8,11-18H2,1-6H3,(H,28,32);4,6-7,14H,5,8-13H2,1-3H3;4,6-7,14H,5,8-13,20H2,1-3H3;1,3-4,7H,2,5-6H2;10H,4-7H2,1-3H3;4-5H2,1-3H3,(H,9,10);1-8H2. The number of carboxylic acids is 1. The van der Waals surface area contributed by atoms with Gasteiger partial charge in [-0.2, -0.15) is 0 Å². The van der Waals surface area contributed by atoms with Crippen LogP contribution in [0, 0.1) is 20.2 Å². The van der Waals surface area contributed by atoms with Gasteiger partial charge in [-0.25, -0.2) is 19.2 Å². The number of hydrogen-bond donors (Lipinski definition) is 6. The number of nitrogens with two attached hydrogens (primary N) is 3. The Labute approximate surface area is 822 Å². The van der Waals surface area contributed by atoms with E-state index in [2.05, 4.69) is 41.3 Å². The molecule has 0 aromatic heterocycles. The molecule has 4 aliphatic heterocycles. The van der Waals surface area contributed by atoms with E-state index in [9.17, 15) is 77.8 Å². The van der Waals surface area contributed by atoms with E-state index in [4.69, 9.17) is 60.2 Å². The molecule has 0 saturated carbocycles. The molecular formula is C98H155BrN14O25. The average molecular weight is 2010 g/mol. The van der Waals surface area contributed by atoms with Crippen LogP contribution in [-0.2, 0) is 57.1 Å². The second kappa shape index (κ2) is 63.8. The van der Waals surface area contributed by atoms with Crippen LogP contribution in [0.15, 0.2) is 97.1 Å². The highest BCUT2D eigenvalue weighted by Gasteiger charge is 2.31. The van der Waals surface area contributed by atoms with Gasteiger partial charge in [0, 0.05) is 213 Å². The molecule has 0 unspecified atom stereocenters. The molecule has 4 fully saturated rings. The molecule has 8 rings (SSSR count). The van der Waals surface area contributed by atoms with Gasteiger partial charge in [-0.1, -0.05) is 64.5 Å². The number of carbonyl (C=O) groups is 12. The number of benzene rings is 4. The molecule has 0 aliphatic carbocycles. The maximum atomic E-state index is 12.7. The number of Topliss-reactive ketones (excluding diaryl/α,β-unsaturated/α-hetero) is 4. The smallest absolute Gasteiger partial charge is 0.410 e. The van der Waals surface area contributed by atoms with E-state index in [1.807, 2.05) is 83.1 Å². The number of piperazine rings is 4. The summed E-state index contributed by atoms with van der Waals surface area (Å²) in [5, 5.41) is 36.2. The molecule has 774 valence electrons. The Morgan fingerprint density at radius 3 is 0.986 bits per heavy atom. The van der Waals surface area contributed by atoms with Crippen LogP contribution in [-0.4, -0.2) is 323 Å². The van der Waals surface area contributed by atoms with Gasteiger partial charge in [0.1, 0.15) is 33.6 Å². The minimum atomic E-state index is -0.985. The summed E-state index contributed by atoms with van der Waals surface area (Å²) < 4.78 is 41.6. The monoisotopic (exact) mass is 2010 g/mol. The summed E-state index contributed by atoms with van der Waals surface area (Å²) in [6.45, 7) is 50.4. The molecule has 0 spiro atoms. The first-order chi connectivity index (χ1) is 64.5. The summed E-state index contributed by atoms with van der Waals surface area (Å²) in [6.07, 6.45) is 3.32. The summed E-state index contributed by atoms with van der Waals surface area (Å²) >= 11 is 3.23. The van der Waals surface area contributed by atoms with Crippen LogP contribution in [0.2, 0.25) is 0 Å². The van der Waals surface area contributed by atoms with Crippen LogP contribution in [0.4, 0.5) is 41.9 Å². The molecule has 4 heterocycles. The number of carbonyl (C=O) groups excluding carboxylic acids is 11. The van der Waals surface area contributed by atoms with E-state index in [1.165, 1.54) is 36.4 Å². The Balaban J connectivity index is 0.000000569. The SMILES string of the molecule is CC(C)(C)OC(=O)CCC(=O)Nc1cccc(C(=O)CCCN2CCN(C(=O)OC(C)(C)C)CC2)c1.CC(C)(C)OC(=O)CCC(=O)O.CC(C)(C)OC(=O)N1CCN(CCCC(=O)c2cccc(N)c2)CC1.CC(C)(C)OC(=O)N1CCN(CCCC(=O)c2cccc([N+](=O)[O-])c2)CC1.CC(C)(C)OC(=O)N1CCNCC1.NCCOCCOCCN.O=C(CCCBr)c1cccc([N+](=O)[O-])c1. The van der Waals surface area contributed by atoms with Crippen molar-refractivity contribution < 1.29 is 110 Å². The molecule has 0 radical (unpaired) electrons. The number of nitrogens with zero attached hydrogens (tertiary/aromatic N) is 9. The first-order valence-electron chi connectivity index (χ1n) is 46.9. The van der Waals surface area contributed by atoms with Crippen molar-refractivity contribution in [2.75, 3.05) is 180 Å². The van der Waals surface area contributed by atoms with Gasteiger partial charge in [-0.3, -0.25) is 73.3 Å². The van der Waals surface area contributed by atoms with Crippen molar-refractivity contribution in [2.45, 2.75) is 235 Å². The zero-order chi connectivity index (χ0) is 104. The van der Waals surface area contributed by atoms with Gasteiger partial charge in [0.05, 0.1) is 55.5 Å². The molecule has 4 saturated heterocycles. The number of nitro benzene ring substituents is 2. The van der Waals surface area contributed by atoms with Crippen LogP contribution in [0.25, 0.3) is 0 Å². The summed E-state index contributed by atoms with van der Waals surface area (Å²) in [5.74, 6) is -2.20. The van der Waals surface area contributed by atoms with Gasteiger partial charge in [0.25, 0.3) is 11.4 Å². The number of halogens is 1. The largest absolute Gasteiger partial charge is 0.481 e. The summed E-state index contributed by atoms with van der Waals surface area (Å²) in [7, 11) is 0. The number of esters is 2. The highest BCUT2D eigenvalue weighted by atomic mass is 79.9. The molecule has 9 N–H and O–H groups in total. The fraction of sp³-hybridized carbons (Fsp3) is 0.633. The third-order valence-electron chi connectivity index (χ3n) is 19.3. The fourth-order valence-corrected chi connectivity index (χ4v) is 13.1. The number of aliphatic carboxylic acids is 1. The van der Waals surface area contributed by atoms with Crippen molar-refractivity contribution in [3.63, 3.8) is 0 Å². The van der Waals surface area contributed by atoms with E-state index in [1.54, 1.807) is 122 Å². The third kappa shape index (κ3) is 59.5. The van der Waals surface area contributed by atoms with Crippen molar-refractivity contribution in [3.8, 4) is 0 Å². The van der Waals surface area contributed by atoms with Crippen LogP contribution in [0.5, 0.6) is 0 Å². The summed E-state index contributed by atoms with van der Waals surface area (Å²) in [4.78, 5) is 175. The summed E-state index contributed by atoms with van der Waals surface area (Å²) in [6, 6.07) is 25.6. The molecule has 0 bridgehead atoms. The number of anilines is 2. The Hall–Kier alpha value is -10.7. The second-order valence-electron chi connectivity index (χ2n) is 38.7.